The number of carbonyl (C=O) groups excluding carboxylic acids is 1. The first-order chi connectivity index (χ1) is 12.0. The van der Waals surface area contributed by atoms with E-state index in [1.54, 1.807) is 10.6 Å². The van der Waals surface area contributed by atoms with Gasteiger partial charge in [-0.25, -0.2) is 8.78 Å². The lowest BCUT2D eigenvalue weighted by Crippen LogP contribution is -2.27. The fourth-order valence-electron chi connectivity index (χ4n) is 2.88. The molecule has 1 amide bonds. The Kier molecular flexibility index (Phi) is 4.88. The molecule has 0 bridgehead atoms. The van der Waals surface area contributed by atoms with Crippen LogP contribution in [-0.2, 0) is 6.54 Å². The number of furan rings is 1. The number of aromatic nitrogens is 1. The number of halogens is 2. The molecule has 0 aliphatic heterocycles. The van der Waals surface area contributed by atoms with Crippen molar-refractivity contribution in [3.8, 4) is 0 Å². The van der Waals surface area contributed by atoms with Gasteiger partial charge in [0, 0.05) is 31.3 Å². The van der Waals surface area contributed by atoms with Crippen molar-refractivity contribution in [3.63, 3.8) is 0 Å². The van der Waals surface area contributed by atoms with Crippen LogP contribution in [0, 0.1) is 18.6 Å². The minimum atomic E-state index is -0.643. The molecule has 4 nitrogen and oxygen atoms in total. The van der Waals surface area contributed by atoms with Gasteiger partial charge in [0.2, 0.25) is 0 Å². The smallest absolute Gasteiger partial charge is 0.268 e. The molecule has 0 atom stereocenters. The van der Waals surface area contributed by atoms with E-state index in [0.717, 1.165) is 24.4 Å². The molecular weight excluding hydrogens is 326 g/mol. The van der Waals surface area contributed by atoms with Crippen LogP contribution in [0.4, 0.5) is 8.78 Å². The molecule has 0 spiro atoms. The summed E-state index contributed by atoms with van der Waals surface area (Å²) >= 11 is 0. The van der Waals surface area contributed by atoms with Crippen molar-refractivity contribution in [1.82, 2.24) is 9.88 Å². The summed E-state index contributed by atoms with van der Waals surface area (Å²) in [5, 5.41) is 2.86. The highest BCUT2D eigenvalue weighted by Crippen LogP contribution is 2.25. The molecule has 0 unspecified atom stereocenters. The average Bonchev–Trinajstić information content (AvgIpc) is 3.04. The van der Waals surface area contributed by atoms with Crippen LogP contribution in [0.2, 0.25) is 0 Å². The zero-order chi connectivity index (χ0) is 18.0. The number of hydrogen-bond donors (Lipinski definition) is 1. The fourth-order valence-corrected chi connectivity index (χ4v) is 2.88. The molecule has 3 rings (SSSR count). The molecule has 0 fully saturated rings. The van der Waals surface area contributed by atoms with Gasteiger partial charge in [0.05, 0.1) is 5.52 Å². The highest BCUT2D eigenvalue weighted by atomic mass is 19.1. The van der Waals surface area contributed by atoms with E-state index in [4.69, 9.17) is 4.42 Å². The molecule has 2 heterocycles. The molecule has 132 valence electrons. The van der Waals surface area contributed by atoms with Crippen LogP contribution in [0.1, 0.15) is 41.6 Å². The van der Waals surface area contributed by atoms with Crippen LogP contribution in [0.25, 0.3) is 11.1 Å². The zero-order valence-electron chi connectivity index (χ0n) is 14.2. The first-order valence-electron chi connectivity index (χ1n) is 8.30. The Balaban J connectivity index is 1.98. The van der Waals surface area contributed by atoms with Gasteiger partial charge in [0.1, 0.15) is 23.1 Å². The van der Waals surface area contributed by atoms with E-state index in [1.165, 1.54) is 12.1 Å². The van der Waals surface area contributed by atoms with Gasteiger partial charge < -0.3 is 14.3 Å². The molecule has 0 aliphatic carbocycles. The van der Waals surface area contributed by atoms with E-state index in [9.17, 15) is 13.6 Å². The van der Waals surface area contributed by atoms with Crippen LogP contribution in [0.15, 0.2) is 34.7 Å². The number of nitrogens with one attached hydrogen (secondary N) is 1. The summed E-state index contributed by atoms with van der Waals surface area (Å²) < 4.78 is 34.3. The first-order valence-corrected chi connectivity index (χ1v) is 8.30. The third-order valence-electron chi connectivity index (χ3n) is 4.02. The molecule has 1 aromatic carbocycles. The third-order valence-corrected chi connectivity index (χ3v) is 4.02. The molecule has 2 aromatic heterocycles. The number of aryl methyl sites for hydroxylation is 1. The zero-order valence-corrected chi connectivity index (χ0v) is 14.2. The van der Waals surface area contributed by atoms with Gasteiger partial charge in [-0.05, 0) is 31.0 Å². The van der Waals surface area contributed by atoms with Gasteiger partial charge in [-0.15, -0.1) is 0 Å². The molecule has 1 N–H and O–H groups in total. The fraction of sp³-hybridized carbons (Fsp3) is 0.316. The van der Waals surface area contributed by atoms with E-state index < -0.39 is 11.6 Å². The summed E-state index contributed by atoms with van der Waals surface area (Å²) in [6.07, 6.45) is 1.86. The van der Waals surface area contributed by atoms with E-state index in [-0.39, 0.29) is 12.5 Å². The maximum atomic E-state index is 13.5. The highest BCUT2D eigenvalue weighted by Gasteiger charge is 2.18. The summed E-state index contributed by atoms with van der Waals surface area (Å²) in [6.45, 7) is 4.61. The standard InChI is InChI=1S/C19H20F2N2O2/c1-3-4-5-22-19(24)17-10-18-16(6-12(2)25-18)23(17)11-13-7-14(20)9-15(21)8-13/h6-10H,3-5,11H2,1-2H3,(H,22,24). The Morgan fingerprint density at radius 3 is 2.56 bits per heavy atom. The molecule has 0 radical (unpaired) electrons. The van der Waals surface area contributed by atoms with Gasteiger partial charge in [0.15, 0.2) is 5.58 Å². The number of rotatable bonds is 6. The van der Waals surface area contributed by atoms with Gasteiger partial charge >= 0.3 is 0 Å². The van der Waals surface area contributed by atoms with Crippen LogP contribution >= 0.6 is 0 Å². The Morgan fingerprint density at radius 1 is 1.16 bits per heavy atom. The maximum absolute atomic E-state index is 13.5. The van der Waals surface area contributed by atoms with Crippen LogP contribution in [0.5, 0.6) is 0 Å². The predicted molar refractivity (Wildman–Crippen MR) is 91.6 cm³/mol. The summed E-state index contributed by atoms with van der Waals surface area (Å²) in [5.74, 6) is -0.803. The normalized spacial score (nSPS) is 11.2. The lowest BCUT2D eigenvalue weighted by molar-refractivity contribution is 0.0944. The lowest BCUT2D eigenvalue weighted by Gasteiger charge is -2.11. The Hall–Kier alpha value is -2.63. The molecule has 3 aromatic rings. The van der Waals surface area contributed by atoms with E-state index in [2.05, 4.69) is 5.32 Å². The summed E-state index contributed by atoms with van der Waals surface area (Å²) in [4.78, 5) is 12.5. The monoisotopic (exact) mass is 346 g/mol. The quantitative estimate of drug-likeness (QED) is 0.673. The SMILES string of the molecule is CCCCNC(=O)c1cc2oc(C)cc2n1Cc1cc(F)cc(F)c1. The minimum absolute atomic E-state index is 0.174. The largest absolute Gasteiger partial charge is 0.460 e. The summed E-state index contributed by atoms with van der Waals surface area (Å²) in [6, 6.07) is 6.84. The summed E-state index contributed by atoms with van der Waals surface area (Å²) in [5.41, 5.74) is 2.16. The Labute approximate surface area is 144 Å². The van der Waals surface area contributed by atoms with Crippen molar-refractivity contribution in [2.45, 2.75) is 33.2 Å². The number of hydrogen-bond acceptors (Lipinski definition) is 2. The van der Waals surface area contributed by atoms with E-state index in [1.807, 2.05) is 19.9 Å². The van der Waals surface area contributed by atoms with Gasteiger partial charge in [-0.3, -0.25) is 4.79 Å². The van der Waals surface area contributed by atoms with E-state index in [0.29, 0.717) is 29.1 Å². The number of unbranched alkanes of at least 4 members (excludes halogenated alkanes) is 1. The number of benzene rings is 1. The van der Waals surface area contributed by atoms with Gasteiger partial charge in [0.25, 0.3) is 5.91 Å². The Morgan fingerprint density at radius 2 is 1.88 bits per heavy atom. The number of fused-ring (bicyclic) bond motifs is 1. The number of nitrogens with zero attached hydrogens (tertiary/aromatic N) is 1. The third kappa shape index (κ3) is 3.73. The molecule has 0 saturated heterocycles. The second-order valence-electron chi connectivity index (χ2n) is 6.11. The van der Waals surface area contributed by atoms with Gasteiger partial charge in [-0.1, -0.05) is 13.3 Å². The highest BCUT2D eigenvalue weighted by molar-refractivity contribution is 5.97. The van der Waals surface area contributed by atoms with Crippen molar-refractivity contribution in [3.05, 3.63) is 59.0 Å². The van der Waals surface area contributed by atoms with Crippen molar-refractivity contribution in [2.24, 2.45) is 0 Å². The molecular formula is C19H20F2N2O2. The molecule has 0 saturated carbocycles. The number of amides is 1. The predicted octanol–water partition coefficient (Wildman–Crippen LogP) is 4.40. The summed E-state index contributed by atoms with van der Waals surface area (Å²) in [7, 11) is 0. The molecule has 6 heteroatoms. The van der Waals surface area contributed by atoms with Crippen molar-refractivity contribution in [2.75, 3.05) is 6.54 Å². The second kappa shape index (κ2) is 7.09. The van der Waals surface area contributed by atoms with Crippen LogP contribution < -0.4 is 5.32 Å². The minimum Gasteiger partial charge on any atom is -0.460 e. The van der Waals surface area contributed by atoms with Crippen molar-refractivity contribution in [1.29, 1.82) is 0 Å². The van der Waals surface area contributed by atoms with Crippen molar-refractivity contribution < 1.29 is 18.0 Å². The topological polar surface area (TPSA) is 47.2 Å². The molecule has 25 heavy (non-hydrogen) atoms. The maximum Gasteiger partial charge on any atom is 0.268 e. The molecule has 0 aliphatic rings. The van der Waals surface area contributed by atoms with E-state index >= 15 is 0 Å². The number of carbonyl (C=O) groups is 1. The second-order valence-corrected chi connectivity index (χ2v) is 6.11. The Bertz CT molecular complexity index is 891. The average molecular weight is 346 g/mol. The van der Waals surface area contributed by atoms with Crippen molar-refractivity contribution >= 4 is 17.0 Å². The van der Waals surface area contributed by atoms with Gasteiger partial charge in [-0.2, -0.15) is 0 Å². The first kappa shape index (κ1) is 17.2. The van der Waals surface area contributed by atoms with Crippen LogP contribution in [0.3, 0.4) is 0 Å². The lowest BCUT2D eigenvalue weighted by atomic mass is 10.2. The van der Waals surface area contributed by atoms with Crippen LogP contribution in [-0.4, -0.2) is 17.0 Å².